The number of nitrogens with two attached hydrogens (primary N) is 5. The molecular weight excluding hydrogens is 1170 g/mol. The molecule has 2 aliphatic rings. The third kappa shape index (κ3) is 21.0. The number of carbonyl (C=O) groups is 11. The Morgan fingerprint density at radius 1 is 0.644 bits per heavy atom. The molecule has 2 saturated heterocycles. The fourth-order valence-electron chi connectivity index (χ4n) is 10.3. The van der Waals surface area contributed by atoms with Crippen molar-refractivity contribution in [2.45, 2.75) is 145 Å². The van der Waals surface area contributed by atoms with Crippen molar-refractivity contribution in [3.63, 3.8) is 0 Å². The third-order valence-corrected chi connectivity index (χ3v) is 14.8. The lowest BCUT2D eigenvalue weighted by molar-refractivity contribution is -0.142. The van der Waals surface area contributed by atoms with Crippen LogP contribution < -0.4 is 76.5 Å². The third-order valence-electron chi connectivity index (χ3n) is 14.8. The number of nitrogens with zero attached hydrogens (tertiary/aromatic N) is 5. The molecule has 0 bridgehead atoms. The van der Waals surface area contributed by atoms with Crippen LogP contribution in [0.15, 0.2) is 65.5 Å². The molecule has 90 heavy (non-hydrogen) atoms. The van der Waals surface area contributed by atoms with Gasteiger partial charge in [0.1, 0.15) is 54.4 Å². The summed E-state index contributed by atoms with van der Waals surface area (Å²) in [5.74, 6) is -9.21. The molecule has 9 atom stereocenters. The van der Waals surface area contributed by atoms with Crippen molar-refractivity contribution in [1.29, 1.82) is 0 Å². The summed E-state index contributed by atoms with van der Waals surface area (Å²) in [7, 11) is 0. The number of rotatable bonds is 35. The summed E-state index contributed by atoms with van der Waals surface area (Å²) in [6, 6.07) is -4.96. The molecule has 23 N–H and O–H groups in total. The zero-order chi connectivity index (χ0) is 65.4. The summed E-state index contributed by atoms with van der Waals surface area (Å²) < 4.78 is 0. The van der Waals surface area contributed by atoms with Gasteiger partial charge < -0.3 is 101 Å². The molecule has 0 spiro atoms. The first-order chi connectivity index (χ1) is 43.0. The Kier molecular flexibility index (Phi) is 25.9. The zero-order valence-electron chi connectivity index (χ0n) is 50.1. The number of nitrogens with one attached hydrogen (secondary N) is 12. The molecule has 2 fully saturated rings. The van der Waals surface area contributed by atoms with E-state index in [1.165, 1.54) is 29.9 Å². The molecule has 6 rings (SSSR count). The molecule has 0 unspecified atom stereocenters. The lowest BCUT2D eigenvalue weighted by atomic mass is 10.0. The molecule has 4 aromatic rings. The van der Waals surface area contributed by atoms with Gasteiger partial charge in [-0.1, -0.05) is 32.0 Å². The normalized spacial score (nSPS) is 16.8. The van der Waals surface area contributed by atoms with Gasteiger partial charge in [0.2, 0.25) is 65.0 Å². The van der Waals surface area contributed by atoms with Crippen LogP contribution in [-0.4, -0.2) is 199 Å². The van der Waals surface area contributed by atoms with E-state index in [1.54, 1.807) is 44.3 Å². The monoisotopic (exact) mass is 1250 g/mol. The number of aliphatic hydroxyl groups excluding tert-OH is 1. The fourth-order valence-corrected chi connectivity index (χ4v) is 10.3. The molecule has 1 aromatic carbocycles. The molecular formula is C56H82N22O12. The van der Waals surface area contributed by atoms with E-state index in [9.17, 15) is 57.8 Å². The van der Waals surface area contributed by atoms with Crippen molar-refractivity contribution >= 4 is 87.8 Å². The molecule has 0 saturated carbocycles. The molecule has 5 heterocycles. The van der Waals surface area contributed by atoms with E-state index in [2.05, 4.69) is 82.8 Å². The highest BCUT2D eigenvalue weighted by Gasteiger charge is 2.40. The largest absolute Gasteiger partial charge is 0.394 e. The van der Waals surface area contributed by atoms with Gasteiger partial charge in [0.05, 0.1) is 25.8 Å². The van der Waals surface area contributed by atoms with Crippen LogP contribution in [0.25, 0.3) is 10.9 Å². The van der Waals surface area contributed by atoms with Crippen LogP contribution >= 0.6 is 0 Å². The maximum atomic E-state index is 14.7. The maximum absolute atomic E-state index is 14.7. The second-order valence-electron chi connectivity index (χ2n) is 22.3. The Hall–Kier alpha value is -10.1. The van der Waals surface area contributed by atoms with Crippen molar-refractivity contribution in [3.05, 3.63) is 72.5 Å². The van der Waals surface area contributed by atoms with Crippen molar-refractivity contribution in [3.8, 4) is 0 Å². The van der Waals surface area contributed by atoms with Gasteiger partial charge in [-0.25, -0.2) is 9.97 Å². The number of likely N-dealkylation sites (tertiary alicyclic amines) is 1. The van der Waals surface area contributed by atoms with Crippen molar-refractivity contribution in [2.75, 3.05) is 32.8 Å². The van der Waals surface area contributed by atoms with Gasteiger partial charge in [0, 0.05) is 86.2 Å². The molecule has 3 aromatic heterocycles. The second kappa shape index (κ2) is 33.8. The summed E-state index contributed by atoms with van der Waals surface area (Å²) in [5, 5.41) is 35.0. The van der Waals surface area contributed by atoms with E-state index in [0.717, 1.165) is 0 Å². The number of aliphatic imine (C=N–C) groups is 2. The number of primary amides is 1. The number of amides is 11. The van der Waals surface area contributed by atoms with E-state index >= 15 is 0 Å². The average Bonchev–Trinajstić information content (AvgIpc) is 4.58. The topological polar surface area (TPSA) is 547 Å². The SMILES string of the molecule is CC(C)C[C@H](NC(=O)[C@@H](CCCN=C(N)N)NC(=O)[C@H](Cc1cnc[nH]1)NC(=O)[C@H](CO)NC(=O)[C@H](Cc1c[nH]c2ccccc12)NC(=O)[C@H](Cc1cnc[nH]1)NC(=O)[C@@H]1CCC(=O)N1)C(=O)N[C@@H](CCCN=C(N)N)C(=O)N1CCC[C@H]1C(=O)NCC(N)=O. The smallest absolute Gasteiger partial charge is 0.245 e. The molecule has 0 radical (unpaired) electrons. The Morgan fingerprint density at radius 2 is 1.17 bits per heavy atom. The van der Waals surface area contributed by atoms with Crippen molar-refractivity contribution in [1.82, 2.24) is 77.7 Å². The first kappa shape index (κ1) is 69.0. The lowest BCUT2D eigenvalue weighted by Crippen LogP contribution is -2.61. The van der Waals surface area contributed by atoms with Crippen molar-refractivity contribution < 1.29 is 57.8 Å². The minimum Gasteiger partial charge on any atom is -0.394 e. The van der Waals surface area contributed by atoms with Gasteiger partial charge in [-0.3, -0.25) is 62.7 Å². The van der Waals surface area contributed by atoms with Crippen LogP contribution in [0.3, 0.4) is 0 Å². The molecule has 488 valence electrons. The Labute approximate surface area is 516 Å². The van der Waals surface area contributed by atoms with Crippen LogP contribution in [0.1, 0.15) is 88.6 Å². The van der Waals surface area contributed by atoms with Gasteiger partial charge in [0.25, 0.3) is 0 Å². The molecule has 0 aliphatic carbocycles. The summed E-state index contributed by atoms with van der Waals surface area (Å²) in [6.45, 7) is 2.29. The quantitative estimate of drug-likeness (QED) is 0.0116. The number of carbonyl (C=O) groups excluding carboxylic acids is 11. The Balaban J connectivity index is 1.22. The highest BCUT2D eigenvalue weighted by molar-refractivity contribution is 6.00. The van der Waals surface area contributed by atoms with Crippen LogP contribution in [0.2, 0.25) is 0 Å². The van der Waals surface area contributed by atoms with Crippen molar-refractivity contribution in [2.24, 2.45) is 44.6 Å². The highest BCUT2D eigenvalue weighted by atomic mass is 16.3. The number of aromatic nitrogens is 5. The molecule has 34 heteroatoms. The minimum absolute atomic E-state index is 0.00676. The number of guanidine groups is 2. The predicted octanol–water partition coefficient (Wildman–Crippen LogP) is -5.95. The zero-order valence-corrected chi connectivity index (χ0v) is 50.1. The Morgan fingerprint density at radius 3 is 1.72 bits per heavy atom. The summed E-state index contributed by atoms with van der Waals surface area (Å²) >= 11 is 0. The van der Waals surface area contributed by atoms with Crippen LogP contribution in [0, 0.1) is 5.92 Å². The number of aliphatic hydroxyl groups is 1. The van der Waals surface area contributed by atoms with Crippen LogP contribution in [0.4, 0.5) is 0 Å². The van der Waals surface area contributed by atoms with E-state index in [1.807, 2.05) is 0 Å². The van der Waals surface area contributed by atoms with E-state index < -0.39 is 127 Å². The highest BCUT2D eigenvalue weighted by Crippen LogP contribution is 2.22. The van der Waals surface area contributed by atoms with Crippen LogP contribution in [0.5, 0.6) is 0 Å². The number of hydrogen-bond acceptors (Lipinski definition) is 16. The fraction of sp³-hybridized carbons (Fsp3) is 0.518. The summed E-state index contributed by atoms with van der Waals surface area (Å²) in [4.78, 5) is 177. The van der Waals surface area contributed by atoms with Gasteiger partial charge in [-0.05, 0) is 68.9 Å². The minimum atomic E-state index is -1.78. The standard InChI is InChI=1S/C56H82N22O12/c1-29(2)18-38(48(84)72-37(11-6-16-65-56(60)61)54(90)78-17-7-12-43(78)53(89)67-25-44(57)80)73-46(82)35(10-5-15-64-55(58)59)71-50(86)40(20-31-23-62-27-68-31)76-52(88)42(26-79)77-49(85)39(19-30-22-66-34-9-4-3-8-33(30)34)74-51(87)41(21-32-24-63-28-69-32)75-47(83)36-13-14-45(81)70-36/h3-4,8-9,22-24,27-29,35-43,66,79H,5-7,10-21,25-26H2,1-2H3,(H2,57,80)(H,62,68)(H,63,69)(H,67,89)(H,70,81)(H,71,86)(H,72,84)(H,73,82)(H,74,87)(H,75,83)(H,76,88)(H,77,85)(H4,58,59,64)(H4,60,61,65)/t35-,36+,37+,38+,39+,40+,41+,42+,43+/m1/s1. The number of fused-ring (bicyclic) bond motifs is 1. The van der Waals surface area contributed by atoms with Gasteiger partial charge in [-0.15, -0.1) is 0 Å². The van der Waals surface area contributed by atoms with Gasteiger partial charge in [-0.2, -0.15) is 0 Å². The maximum Gasteiger partial charge on any atom is 0.245 e. The first-order valence-electron chi connectivity index (χ1n) is 29.5. The Bertz CT molecular complexity index is 3200. The number of para-hydroxylation sites is 1. The second-order valence-corrected chi connectivity index (χ2v) is 22.3. The van der Waals surface area contributed by atoms with Crippen LogP contribution in [-0.2, 0) is 72.0 Å². The lowest BCUT2D eigenvalue weighted by Gasteiger charge is -2.30. The number of hydrogen-bond donors (Lipinski definition) is 18. The number of benzene rings is 1. The molecule has 2 aliphatic heterocycles. The summed E-state index contributed by atoms with van der Waals surface area (Å²) in [5.41, 5.74) is 29.5. The van der Waals surface area contributed by atoms with Gasteiger partial charge >= 0.3 is 0 Å². The molecule has 11 amide bonds. The van der Waals surface area contributed by atoms with E-state index in [0.29, 0.717) is 34.3 Å². The number of H-pyrrole nitrogens is 3. The number of imidazole rings is 2. The number of aromatic amines is 3. The van der Waals surface area contributed by atoms with Gasteiger partial charge in [0.15, 0.2) is 11.9 Å². The predicted molar refractivity (Wildman–Crippen MR) is 325 cm³/mol. The van der Waals surface area contributed by atoms with E-state index in [-0.39, 0.29) is 114 Å². The summed E-state index contributed by atoms with van der Waals surface area (Å²) in [6.07, 6.45) is 7.69. The first-order valence-corrected chi connectivity index (χ1v) is 29.5. The molecule has 34 nitrogen and oxygen atoms in total. The van der Waals surface area contributed by atoms with E-state index in [4.69, 9.17) is 28.7 Å². The average molecular weight is 1260 g/mol.